The lowest BCUT2D eigenvalue weighted by molar-refractivity contribution is -0.133. The molecule has 0 spiro atoms. The van der Waals surface area contributed by atoms with Gasteiger partial charge in [0, 0.05) is 25.6 Å². The van der Waals surface area contributed by atoms with Crippen molar-refractivity contribution in [3.05, 3.63) is 34.1 Å². The van der Waals surface area contributed by atoms with Gasteiger partial charge in [-0.3, -0.25) is 9.59 Å². The van der Waals surface area contributed by atoms with Crippen molar-refractivity contribution in [2.45, 2.75) is 38.6 Å². The van der Waals surface area contributed by atoms with E-state index in [4.69, 9.17) is 0 Å². The molecule has 6 heteroatoms. The first kappa shape index (κ1) is 16.9. The minimum Gasteiger partial charge on any atom is -0.352 e. The fourth-order valence-electron chi connectivity index (χ4n) is 2.59. The zero-order valence-corrected chi connectivity index (χ0v) is 14.2. The number of nitrogens with zero attached hydrogens (tertiary/aromatic N) is 1. The van der Waals surface area contributed by atoms with Gasteiger partial charge in [0.25, 0.3) is 0 Å². The quantitative estimate of drug-likeness (QED) is 0.885. The lowest BCUT2D eigenvalue weighted by Gasteiger charge is -2.33. The van der Waals surface area contributed by atoms with Gasteiger partial charge in [0.1, 0.15) is 5.82 Å². The van der Waals surface area contributed by atoms with E-state index < -0.39 is 0 Å². The highest BCUT2D eigenvalue weighted by Crippen LogP contribution is 2.18. The third-order valence-corrected chi connectivity index (χ3v) is 4.41. The summed E-state index contributed by atoms with van der Waals surface area (Å²) in [7, 11) is 0. The van der Waals surface area contributed by atoms with Crippen molar-refractivity contribution in [3.63, 3.8) is 0 Å². The van der Waals surface area contributed by atoms with Crippen molar-refractivity contribution in [1.29, 1.82) is 0 Å². The molecular weight excluding hydrogens is 351 g/mol. The number of hydrogen-bond acceptors (Lipinski definition) is 2. The third-order valence-electron chi connectivity index (χ3n) is 3.80. The number of likely N-dealkylation sites (tertiary alicyclic amines) is 1. The average Bonchev–Trinajstić information content (AvgIpc) is 2.51. The van der Waals surface area contributed by atoms with E-state index in [1.54, 1.807) is 17.0 Å². The fraction of sp³-hybridized carbons (Fsp3) is 0.500. The molecular formula is C16H20BrFN2O2. The predicted octanol–water partition coefficient (Wildman–Crippen LogP) is 2.65. The molecule has 1 saturated heterocycles. The molecule has 1 heterocycles. The second-order valence-corrected chi connectivity index (χ2v) is 6.38. The maximum Gasteiger partial charge on any atom is 0.227 e. The van der Waals surface area contributed by atoms with Crippen LogP contribution < -0.4 is 5.32 Å². The van der Waals surface area contributed by atoms with Gasteiger partial charge in [-0.1, -0.05) is 13.0 Å². The predicted molar refractivity (Wildman–Crippen MR) is 85.8 cm³/mol. The van der Waals surface area contributed by atoms with Crippen molar-refractivity contribution in [3.8, 4) is 0 Å². The van der Waals surface area contributed by atoms with Gasteiger partial charge in [-0.05, 0) is 46.5 Å². The molecule has 4 nitrogen and oxygen atoms in total. The van der Waals surface area contributed by atoms with E-state index in [0.29, 0.717) is 24.0 Å². The van der Waals surface area contributed by atoms with Crippen LogP contribution in [0.3, 0.4) is 0 Å². The molecule has 1 aliphatic rings. The number of hydrogen-bond donors (Lipinski definition) is 1. The topological polar surface area (TPSA) is 49.4 Å². The summed E-state index contributed by atoms with van der Waals surface area (Å²) in [6, 6.07) is 4.64. The summed E-state index contributed by atoms with van der Waals surface area (Å²) in [6.07, 6.45) is 2.48. The zero-order valence-electron chi connectivity index (χ0n) is 12.6. The molecule has 2 amide bonds. The molecule has 0 bridgehead atoms. The number of benzene rings is 1. The second-order valence-electron chi connectivity index (χ2n) is 5.53. The van der Waals surface area contributed by atoms with Gasteiger partial charge >= 0.3 is 0 Å². The van der Waals surface area contributed by atoms with E-state index in [0.717, 1.165) is 18.4 Å². The molecule has 1 aromatic rings. The normalized spacial score (nSPS) is 18.1. The van der Waals surface area contributed by atoms with Crippen LogP contribution in [0.2, 0.25) is 0 Å². The Morgan fingerprint density at radius 1 is 1.45 bits per heavy atom. The Balaban J connectivity index is 1.93. The Morgan fingerprint density at radius 3 is 2.91 bits per heavy atom. The number of amides is 2. The van der Waals surface area contributed by atoms with E-state index in [9.17, 15) is 14.0 Å². The minimum atomic E-state index is -0.337. The molecule has 1 aromatic carbocycles. The van der Waals surface area contributed by atoms with Gasteiger partial charge < -0.3 is 10.2 Å². The molecule has 1 atom stereocenters. The van der Waals surface area contributed by atoms with Crippen LogP contribution in [-0.2, 0) is 16.0 Å². The van der Waals surface area contributed by atoms with E-state index >= 15 is 0 Å². The molecule has 0 saturated carbocycles. The number of carbonyl (C=O) groups is 2. The highest BCUT2D eigenvalue weighted by atomic mass is 79.9. The number of carbonyl (C=O) groups excluding carboxylic acids is 2. The summed E-state index contributed by atoms with van der Waals surface area (Å²) in [6.45, 7) is 3.07. The van der Waals surface area contributed by atoms with Crippen LogP contribution in [0.5, 0.6) is 0 Å². The third kappa shape index (κ3) is 4.53. The number of nitrogens with one attached hydrogen (secondary N) is 1. The summed E-state index contributed by atoms with van der Waals surface area (Å²) in [4.78, 5) is 25.6. The maximum atomic E-state index is 13.2. The van der Waals surface area contributed by atoms with Crippen LogP contribution in [-0.4, -0.2) is 35.8 Å². The monoisotopic (exact) mass is 370 g/mol. The van der Waals surface area contributed by atoms with Gasteiger partial charge in [-0.25, -0.2) is 4.39 Å². The molecule has 1 N–H and O–H groups in total. The first-order valence-corrected chi connectivity index (χ1v) is 8.30. The largest absolute Gasteiger partial charge is 0.352 e. The molecule has 0 aliphatic carbocycles. The Labute approximate surface area is 138 Å². The maximum absolute atomic E-state index is 13.2. The van der Waals surface area contributed by atoms with Crippen molar-refractivity contribution in [1.82, 2.24) is 10.2 Å². The first-order chi connectivity index (χ1) is 10.5. The summed E-state index contributed by atoms with van der Waals surface area (Å²) in [5.41, 5.74) is 0.776. The van der Waals surface area contributed by atoms with E-state index in [1.165, 1.54) is 6.07 Å². The smallest absolute Gasteiger partial charge is 0.227 e. The number of rotatable bonds is 4. The van der Waals surface area contributed by atoms with Crippen LogP contribution in [0.1, 0.15) is 31.7 Å². The average molecular weight is 371 g/mol. The second kappa shape index (κ2) is 7.72. The van der Waals surface area contributed by atoms with Crippen LogP contribution in [0.15, 0.2) is 22.7 Å². The SMILES string of the molecule is CCC(=O)NC1CCCN(C(=O)Cc2ccc(F)c(Br)c2)C1. The van der Waals surface area contributed by atoms with Gasteiger partial charge in [0.05, 0.1) is 10.9 Å². The lowest BCUT2D eigenvalue weighted by atomic mass is 10.0. The molecule has 0 radical (unpaired) electrons. The molecule has 1 aliphatic heterocycles. The van der Waals surface area contributed by atoms with Crippen LogP contribution in [0.25, 0.3) is 0 Å². The van der Waals surface area contributed by atoms with E-state index in [2.05, 4.69) is 21.2 Å². The van der Waals surface area contributed by atoms with Crippen LogP contribution >= 0.6 is 15.9 Å². The van der Waals surface area contributed by atoms with E-state index in [1.807, 2.05) is 6.92 Å². The lowest BCUT2D eigenvalue weighted by Crippen LogP contribution is -2.49. The Bertz CT molecular complexity index is 565. The first-order valence-electron chi connectivity index (χ1n) is 7.50. The van der Waals surface area contributed by atoms with Crippen LogP contribution in [0, 0.1) is 5.82 Å². The molecule has 0 aromatic heterocycles. The fourth-order valence-corrected chi connectivity index (χ4v) is 3.01. The van der Waals surface area contributed by atoms with Gasteiger partial charge in [0.2, 0.25) is 11.8 Å². The van der Waals surface area contributed by atoms with Crippen molar-refractivity contribution in [2.75, 3.05) is 13.1 Å². The minimum absolute atomic E-state index is 0.00829. The molecule has 2 rings (SSSR count). The van der Waals surface area contributed by atoms with Gasteiger partial charge in [0.15, 0.2) is 0 Å². The Kier molecular flexibility index (Phi) is 5.94. The summed E-state index contributed by atoms with van der Waals surface area (Å²) >= 11 is 3.13. The number of piperidine rings is 1. The van der Waals surface area contributed by atoms with Crippen molar-refractivity contribution >= 4 is 27.7 Å². The zero-order chi connectivity index (χ0) is 16.1. The molecule has 22 heavy (non-hydrogen) atoms. The Hall–Kier alpha value is -1.43. The van der Waals surface area contributed by atoms with Crippen LogP contribution in [0.4, 0.5) is 4.39 Å². The summed E-state index contributed by atoms with van der Waals surface area (Å²) in [5, 5.41) is 2.94. The van der Waals surface area contributed by atoms with Crippen molar-refractivity contribution in [2.24, 2.45) is 0 Å². The standard InChI is InChI=1S/C16H20BrFN2O2/c1-2-15(21)19-12-4-3-7-20(10-12)16(22)9-11-5-6-14(18)13(17)8-11/h5-6,8,12H,2-4,7,9-10H2,1H3,(H,19,21). The molecule has 1 unspecified atom stereocenters. The highest BCUT2D eigenvalue weighted by Gasteiger charge is 2.24. The van der Waals surface area contributed by atoms with Gasteiger partial charge in [-0.2, -0.15) is 0 Å². The van der Waals surface area contributed by atoms with Crippen molar-refractivity contribution < 1.29 is 14.0 Å². The summed E-state index contributed by atoms with van der Waals surface area (Å²) in [5.74, 6) is -0.313. The molecule has 120 valence electrons. The summed E-state index contributed by atoms with van der Waals surface area (Å²) < 4.78 is 13.6. The molecule has 1 fully saturated rings. The van der Waals surface area contributed by atoms with Gasteiger partial charge in [-0.15, -0.1) is 0 Å². The number of halogens is 2. The Morgan fingerprint density at radius 2 is 2.23 bits per heavy atom. The highest BCUT2D eigenvalue weighted by molar-refractivity contribution is 9.10. The van der Waals surface area contributed by atoms with E-state index in [-0.39, 0.29) is 30.1 Å².